The molecule has 5 nitrogen and oxygen atoms in total. The average molecular weight is 199 g/mol. The maximum Gasteiger partial charge on any atom is 0.217 e. The van der Waals surface area contributed by atoms with E-state index >= 15 is 0 Å². The molecule has 5 heteroatoms. The molecule has 2 amide bonds. The summed E-state index contributed by atoms with van der Waals surface area (Å²) in [7, 11) is 0. The lowest BCUT2D eigenvalue weighted by Gasteiger charge is -2.30. The number of carbonyl (C=O) groups is 2. The molecule has 0 radical (unpaired) electrons. The van der Waals surface area contributed by atoms with Crippen molar-refractivity contribution in [3.05, 3.63) is 0 Å². The second kappa shape index (κ2) is 4.95. The van der Waals surface area contributed by atoms with Crippen LogP contribution in [0.3, 0.4) is 0 Å². The molecule has 1 aliphatic heterocycles. The highest BCUT2D eigenvalue weighted by Gasteiger charge is 2.22. The number of nitrogens with one attached hydrogen (secondary N) is 3. The summed E-state index contributed by atoms with van der Waals surface area (Å²) in [6, 6.07) is 0.246. The smallest absolute Gasteiger partial charge is 0.217 e. The zero-order valence-electron chi connectivity index (χ0n) is 8.59. The molecule has 3 N–H and O–H groups in total. The molecule has 0 saturated carbocycles. The molecule has 0 aromatic carbocycles. The Labute approximate surface area is 83.6 Å². The van der Waals surface area contributed by atoms with Gasteiger partial charge in [0.15, 0.2) is 0 Å². The fourth-order valence-electron chi connectivity index (χ4n) is 1.74. The Morgan fingerprint density at radius 2 is 1.50 bits per heavy atom. The van der Waals surface area contributed by atoms with Crippen LogP contribution in [0.4, 0.5) is 0 Å². The number of hydrogen-bond donors (Lipinski definition) is 3. The van der Waals surface area contributed by atoms with E-state index in [0.29, 0.717) is 0 Å². The second-order valence-corrected chi connectivity index (χ2v) is 3.69. The lowest BCUT2D eigenvalue weighted by Crippen LogP contribution is -2.55. The summed E-state index contributed by atoms with van der Waals surface area (Å²) in [6.45, 7) is 4.55. The van der Waals surface area contributed by atoms with Crippen molar-refractivity contribution in [1.82, 2.24) is 16.0 Å². The van der Waals surface area contributed by atoms with E-state index < -0.39 is 0 Å². The van der Waals surface area contributed by atoms with Crippen molar-refractivity contribution in [3.8, 4) is 0 Å². The van der Waals surface area contributed by atoms with Gasteiger partial charge in [0.25, 0.3) is 0 Å². The summed E-state index contributed by atoms with van der Waals surface area (Å²) < 4.78 is 0. The van der Waals surface area contributed by atoms with E-state index in [1.54, 1.807) is 0 Å². The first-order chi connectivity index (χ1) is 6.58. The highest BCUT2D eigenvalue weighted by atomic mass is 16.2. The molecule has 1 saturated heterocycles. The third-order valence-corrected chi connectivity index (χ3v) is 2.17. The summed E-state index contributed by atoms with van der Waals surface area (Å²) >= 11 is 0. The first kappa shape index (κ1) is 11.0. The van der Waals surface area contributed by atoms with Crippen LogP contribution in [0, 0.1) is 0 Å². The van der Waals surface area contributed by atoms with Gasteiger partial charge in [-0.3, -0.25) is 9.59 Å². The van der Waals surface area contributed by atoms with Crippen LogP contribution in [0.25, 0.3) is 0 Å². The quantitative estimate of drug-likeness (QED) is 0.533. The van der Waals surface area contributed by atoms with Crippen molar-refractivity contribution in [3.63, 3.8) is 0 Å². The summed E-state index contributed by atoms with van der Waals surface area (Å²) in [4.78, 5) is 21.6. The van der Waals surface area contributed by atoms with Crippen LogP contribution in [0.2, 0.25) is 0 Å². The fraction of sp³-hybridized carbons (Fsp3) is 0.778. The first-order valence-corrected chi connectivity index (χ1v) is 4.83. The van der Waals surface area contributed by atoms with Crippen LogP contribution < -0.4 is 16.0 Å². The largest absolute Gasteiger partial charge is 0.352 e. The molecule has 0 bridgehead atoms. The molecule has 0 aromatic rings. The van der Waals surface area contributed by atoms with Crippen LogP contribution in [0.1, 0.15) is 20.3 Å². The van der Waals surface area contributed by atoms with Gasteiger partial charge in [-0.25, -0.2) is 0 Å². The molecule has 1 heterocycles. The molecular weight excluding hydrogens is 182 g/mol. The third-order valence-electron chi connectivity index (χ3n) is 2.17. The zero-order valence-corrected chi connectivity index (χ0v) is 8.59. The number of piperidine rings is 1. The maximum absolute atomic E-state index is 10.8. The van der Waals surface area contributed by atoms with Gasteiger partial charge in [0.05, 0.1) is 0 Å². The molecule has 1 aliphatic rings. The van der Waals surface area contributed by atoms with Crippen LogP contribution in [-0.2, 0) is 9.59 Å². The van der Waals surface area contributed by atoms with Crippen LogP contribution >= 0.6 is 0 Å². The number of carbonyl (C=O) groups excluding carboxylic acids is 2. The van der Waals surface area contributed by atoms with Gasteiger partial charge >= 0.3 is 0 Å². The zero-order chi connectivity index (χ0) is 10.6. The van der Waals surface area contributed by atoms with E-state index in [0.717, 1.165) is 19.5 Å². The summed E-state index contributed by atoms with van der Waals surface area (Å²) in [5.74, 6) is -0.0550. The predicted octanol–water partition coefficient (Wildman–Crippen LogP) is -1.01. The second-order valence-electron chi connectivity index (χ2n) is 3.69. The summed E-state index contributed by atoms with van der Waals surface area (Å²) in [6.07, 6.45) is 0.798. The molecule has 1 fully saturated rings. The van der Waals surface area contributed by atoms with E-state index in [1.165, 1.54) is 13.8 Å². The molecule has 0 unspecified atom stereocenters. The summed E-state index contributed by atoms with van der Waals surface area (Å²) in [5, 5.41) is 8.83. The Kier molecular flexibility index (Phi) is 3.88. The van der Waals surface area contributed by atoms with Crippen molar-refractivity contribution in [2.45, 2.75) is 32.4 Å². The monoisotopic (exact) mass is 199 g/mol. The first-order valence-electron chi connectivity index (χ1n) is 4.83. The molecule has 0 spiro atoms. The van der Waals surface area contributed by atoms with E-state index in [1.807, 2.05) is 0 Å². The van der Waals surface area contributed by atoms with E-state index in [4.69, 9.17) is 0 Å². The van der Waals surface area contributed by atoms with Gasteiger partial charge in [0.2, 0.25) is 11.8 Å². The van der Waals surface area contributed by atoms with Gasteiger partial charge < -0.3 is 16.0 Å². The van der Waals surface area contributed by atoms with E-state index in [-0.39, 0.29) is 23.9 Å². The minimum absolute atomic E-state index is 0.0275. The Morgan fingerprint density at radius 3 is 1.86 bits per heavy atom. The number of rotatable bonds is 2. The Morgan fingerprint density at radius 1 is 1.07 bits per heavy atom. The highest BCUT2D eigenvalue weighted by molar-refractivity contribution is 5.74. The Balaban J connectivity index is 2.35. The van der Waals surface area contributed by atoms with Crippen molar-refractivity contribution in [2.75, 3.05) is 13.1 Å². The SMILES string of the molecule is CC(=O)N[C@@H]1CNC[C@H](NC(C)=O)C1. The molecule has 2 atom stereocenters. The predicted molar refractivity (Wildman–Crippen MR) is 52.7 cm³/mol. The maximum atomic E-state index is 10.8. The molecule has 80 valence electrons. The lowest BCUT2D eigenvalue weighted by molar-refractivity contribution is -0.119. The number of amides is 2. The molecule has 0 aliphatic carbocycles. The topological polar surface area (TPSA) is 70.2 Å². The third kappa shape index (κ3) is 3.74. The van der Waals surface area contributed by atoms with E-state index in [9.17, 15) is 9.59 Å². The van der Waals surface area contributed by atoms with Gasteiger partial charge in [-0.1, -0.05) is 0 Å². The van der Waals surface area contributed by atoms with Gasteiger partial charge in [-0.05, 0) is 6.42 Å². The molecule has 1 rings (SSSR count). The van der Waals surface area contributed by atoms with Crippen molar-refractivity contribution >= 4 is 11.8 Å². The summed E-state index contributed by atoms with van der Waals surface area (Å²) in [5.41, 5.74) is 0. The normalized spacial score (nSPS) is 26.7. The highest BCUT2D eigenvalue weighted by Crippen LogP contribution is 2.02. The van der Waals surface area contributed by atoms with Gasteiger partial charge in [-0.2, -0.15) is 0 Å². The van der Waals surface area contributed by atoms with Crippen molar-refractivity contribution < 1.29 is 9.59 Å². The average Bonchev–Trinajstić information content (AvgIpc) is 2.01. The molecule has 0 aromatic heterocycles. The van der Waals surface area contributed by atoms with E-state index in [2.05, 4.69) is 16.0 Å². The minimum atomic E-state index is -0.0275. The van der Waals surface area contributed by atoms with Gasteiger partial charge in [0.1, 0.15) is 0 Å². The lowest BCUT2D eigenvalue weighted by atomic mass is 10.0. The minimum Gasteiger partial charge on any atom is -0.352 e. The van der Waals surface area contributed by atoms with Crippen LogP contribution in [0.5, 0.6) is 0 Å². The standard InChI is InChI=1S/C9H17N3O2/c1-6(13)11-8-3-9(5-10-4-8)12-7(2)14/h8-10H,3-5H2,1-2H3,(H,11,13)(H,12,14)/t8-,9+. The van der Waals surface area contributed by atoms with Crippen LogP contribution in [-0.4, -0.2) is 37.0 Å². The van der Waals surface area contributed by atoms with Gasteiger partial charge in [0, 0.05) is 39.0 Å². The van der Waals surface area contributed by atoms with Crippen LogP contribution in [0.15, 0.2) is 0 Å². The molecule has 14 heavy (non-hydrogen) atoms. The van der Waals surface area contributed by atoms with Crippen molar-refractivity contribution in [1.29, 1.82) is 0 Å². The van der Waals surface area contributed by atoms with Gasteiger partial charge in [-0.15, -0.1) is 0 Å². The Bertz CT molecular complexity index is 208. The number of hydrogen-bond acceptors (Lipinski definition) is 3. The Hall–Kier alpha value is -1.10. The fourth-order valence-corrected chi connectivity index (χ4v) is 1.74. The van der Waals surface area contributed by atoms with Crippen molar-refractivity contribution in [2.24, 2.45) is 0 Å². The molecular formula is C9H17N3O2.